The lowest BCUT2D eigenvalue weighted by molar-refractivity contribution is 0.144. The lowest BCUT2D eigenvalue weighted by Gasteiger charge is -2.38. The summed E-state index contributed by atoms with van der Waals surface area (Å²) in [6.45, 7) is 0.940. The molecule has 2 nitrogen and oxygen atoms in total. The maximum atomic E-state index is 5.29. The summed E-state index contributed by atoms with van der Waals surface area (Å²) >= 11 is 0. The van der Waals surface area contributed by atoms with E-state index in [4.69, 9.17) is 9.47 Å². The highest BCUT2D eigenvalue weighted by Crippen LogP contribution is 2.44. The number of hydrogen-bond acceptors (Lipinski definition) is 2. The van der Waals surface area contributed by atoms with Crippen molar-refractivity contribution in [2.24, 2.45) is 17.8 Å². The van der Waals surface area contributed by atoms with Gasteiger partial charge >= 0.3 is 0 Å². The minimum atomic E-state index is 0.771. The zero-order valence-corrected chi connectivity index (χ0v) is 16.2. The zero-order chi connectivity index (χ0) is 17.5. The van der Waals surface area contributed by atoms with E-state index >= 15 is 0 Å². The number of benzene rings is 1. The molecule has 2 aliphatic carbocycles. The number of ether oxygens (including phenoxy) is 2. The van der Waals surface area contributed by atoms with Crippen LogP contribution in [0.4, 0.5) is 0 Å². The highest BCUT2D eigenvalue weighted by Gasteiger charge is 2.31. The highest BCUT2D eigenvalue weighted by atomic mass is 16.5. The predicted molar refractivity (Wildman–Crippen MR) is 104 cm³/mol. The largest absolute Gasteiger partial charge is 0.497 e. The van der Waals surface area contributed by atoms with Crippen molar-refractivity contribution in [1.29, 1.82) is 0 Å². The van der Waals surface area contributed by atoms with Crippen LogP contribution in [-0.4, -0.2) is 20.8 Å². The van der Waals surface area contributed by atoms with Gasteiger partial charge in [-0.15, -0.1) is 0 Å². The van der Waals surface area contributed by atoms with Gasteiger partial charge in [0.25, 0.3) is 0 Å². The van der Waals surface area contributed by atoms with E-state index in [1.54, 1.807) is 7.11 Å². The quantitative estimate of drug-likeness (QED) is 0.548. The number of methoxy groups -OCH3 is 2. The second-order valence-corrected chi connectivity index (χ2v) is 8.30. The highest BCUT2D eigenvalue weighted by molar-refractivity contribution is 5.29. The molecule has 2 fully saturated rings. The van der Waals surface area contributed by atoms with E-state index in [-0.39, 0.29) is 0 Å². The fourth-order valence-corrected chi connectivity index (χ4v) is 5.26. The topological polar surface area (TPSA) is 18.5 Å². The summed E-state index contributed by atoms with van der Waals surface area (Å²) < 4.78 is 10.5. The smallest absolute Gasteiger partial charge is 0.118 e. The first kappa shape index (κ1) is 18.8. The molecular formula is C23H36O2. The van der Waals surface area contributed by atoms with Crippen LogP contribution in [0.2, 0.25) is 0 Å². The summed E-state index contributed by atoms with van der Waals surface area (Å²) in [6.07, 6.45) is 14.2. The molecule has 0 N–H and O–H groups in total. The lowest BCUT2D eigenvalue weighted by Crippen LogP contribution is -2.25. The third-order valence-electron chi connectivity index (χ3n) is 6.88. The van der Waals surface area contributed by atoms with E-state index in [1.165, 1.54) is 69.8 Å². The molecule has 1 aromatic carbocycles. The Hall–Kier alpha value is -1.02. The monoisotopic (exact) mass is 344 g/mol. The molecule has 0 spiro atoms. The molecule has 0 atom stereocenters. The average Bonchev–Trinajstić information content (AvgIpc) is 2.69. The Morgan fingerprint density at radius 1 is 0.800 bits per heavy atom. The van der Waals surface area contributed by atoms with Crippen LogP contribution in [-0.2, 0) is 4.74 Å². The molecule has 0 saturated heterocycles. The molecule has 0 aliphatic heterocycles. The maximum Gasteiger partial charge on any atom is 0.118 e. The molecule has 3 rings (SSSR count). The summed E-state index contributed by atoms with van der Waals surface area (Å²) in [6, 6.07) is 8.78. The van der Waals surface area contributed by atoms with Gasteiger partial charge in [-0.1, -0.05) is 25.0 Å². The molecule has 0 radical (unpaired) electrons. The van der Waals surface area contributed by atoms with Crippen LogP contribution in [0.3, 0.4) is 0 Å². The van der Waals surface area contributed by atoms with Crippen molar-refractivity contribution in [3.63, 3.8) is 0 Å². The van der Waals surface area contributed by atoms with Crippen LogP contribution in [0.1, 0.15) is 75.7 Å². The van der Waals surface area contributed by atoms with Crippen molar-refractivity contribution in [2.45, 2.75) is 70.1 Å². The summed E-state index contributed by atoms with van der Waals surface area (Å²) in [5.41, 5.74) is 1.51. The summed E-state index contributed by atoms with van der Waals surface area (Å²) in [4.78, 5) is 0. The Balaban J connectivity index is 1.40. The molecule has 0 heterocycles. The van der Waals surface area contributed by atoms with Crippen LogP contribution in [0.25, 0.3) is 0 Å². The second-order valence-electron chi connectivity index (χ2n) is 8.30. The van der Waals surface area contributed by atoms with Gasteiger partial charge in [0.05, 0.1) is 7.11 Å². The number of hydrogen-bond donors (Lipinski definition) is 0. The Kier molecular flexibility index (Phi) is 7.22. The number of rotatable bonds is 7. The van der Waals surface area contributed by atoms with Gasteiger partial charge in [0.15, 0.2) is 0 Å². The Morgan fingerprint density at radius 2 is 1.40 bits per heavy atom. The first-order valence-corrected chi connectivity index (χ1v) is 10.4. The van der Waals surface area contributed by atoms with Crippen LogP contribution in [0.15, 0.2) is 24.3 Å². The Morgan fingerprint density at radius 3 is 1.96 bits per heavy atom. The minimum Gasteiger partial charge on any atom is -0.497 e. The Bertz CT molecular complexity index is 479. The van der Waals surface area contributed by atoms with E-state index in [9.17, 15) is 0 Å². The van der Waals surface area contributed by atoms with Crippen LogP contribution in [0.5, 0.6) is 5.75 Å². The van der Waals surface area contributed by atoms with Crippen molar-refractivity contribution >= 4 is 0 Å². The van der Waals surface area contributed by atoms with Crippen LogP contribution < -0.4 is 4.74 Å². The van der Waals surface area contributed by atoms with E-state index in [2.05, 4.69) is 24.3 Å². The van der Waals surface area contributed by atoms with Crippen molar-refractivity contribution < 1.29 is 9.47 Å². The molecule has 0 amide bonds. The van der Waals surface area contributed by atoms with Crippen molar-refractivity contribution in [3.05, 3.63) is 29.8 Å². The summed E-state index contributed by atoms with van der Waals surface area (Å²) in [7, 11) is 3.56. The summed E-state index contributed by atoms with van der Waals surface area (Å²) in [5, 5.41) is 0. The van der Waals surface area contributed by atoms with Crippen LogP contribution >= 0.6 is 0 Å². The van der Waals surface area contributed by atoms with E-state index < -0.39 is 0 Å². The molecule has 0 aromatic heterocycles. The first-order chi connectivity index (χ1) is 12.3. The standard InChI is InChI=1S/C23H36O2/c1-24-17-3-4-18-5-7-19(8-6-18)20-9-11-21(12-10-20)22-13-15-23(25-2)16-14-22/h13-16,18-21H,3-12,17H2,1-2H3. The van der Waals surface area contributed by atoms with Gasteiger partial charge in [0.2, 0.25) is 0 Å². The lowest BCUT2D eigenvalue weighted by atomic mass is 9.68. The predicted octanol–water partition coefficient (Wildman–Crippen LogP) is 6.20. The van der Waals surface area contributed by atoms with E-state index in [0.717, 1.165) is 36.0 Å². The summed E-state index contributed by atoms with van der Waals surface area (Å²) in [5.74, 6) is 4.72. The molecule has 2 heteroatoms. The third kappa shape index (κ3) is 5.23. The first-order valence-electron chi connectivity index (χ1n) is 10.4. The van der Waals surface area contributed by atoms with E-state index in [0.29, 0.717) is 0 Å². The minimum absolute atomic E-state index is 0.771. The van der Waals surface area contributed by atoms with Gasteiger partial charge in [-0.3, -0.25) is 0 Å². The van der Waals surface area contributed by atoms with Crippen molar-refractivity contribution in [3.8, 4) is 5.75 Å². The van der Waals surface area contributed by atoms with Gasteiger partial charge in [0, 0.05) is 13.7 Å². The molecule has 25 heavy (non-hydrogen) atoms. The van der Waals surface area contributed by atoms with Gasteiger partial charge in [-0.2, -0.15) is 0 Å². The van der Waals surface area contributed by atoms with Crippen LogP contribution in [0, 0.1) is 17.8 Å². The Labute approximate surface area is 154 Å². The molecule has 2 saturated carbocycles. The zero-order valence-electron chi connectivity index (χ0n) is 16.2. The molecule has 1 aromatic rings. The second kappa shape index (κ2) is 9.62. The molecular weight excluding hydrogens is 308 g/mol. The van der Waals surface area contributed by atoms with Gasteiger partial charge in [-0.05, 0) is 92.7 Å². The average molecular weight is 345 g/mol. The SMILES string of the molecule is COCCCC1CCC(C2CCC(c3ccc(OC)cc3)CC2)CC1. The molecule has 0 unspecified atom stereocenters. The normalized spacial score (nSPS) is 30.2. The fraction of sp³-hybridized carbons (Fsp3) is 0.739. The third-order valence-corrected chi connectivity index (χ3v) is 6.88. The van der Waals surface area contributed by atoms with Gasteiger partial charge in [-0.25, -0.2) is 0 Å². The van der Waals surface area contributed by atoms with E-state index in [1.807, 2.05) is 7.11 Å². The van der Waals surface area contributed by atoms with Crippen molar-refractivity contribution in [2.75, 3.05) is 20.8 Å². The fourth-order valence-electron chi connectivity index (χ4n) is 5.26. The van der Waals surface area contributed by atoms with Gasteiger partial charge < -0.3 is 9.47 Å². The van der Waals surface area contributed by atoms with Crippen molar-refractivity contribution in [1.82, 2.24) is 0 Å². The van der Waals surface area contributed by atoms with Gasteiger partial charge in [0.1, 0.15) is 5.75 Å². The molecule has 2 aliphatic rings. The molecule has 140 valence electrons. The molecule has 0 bridgehead atoms. The maximum absolute atomic E-state index is 5.29.